The van der Waals surface area contributed by atoms with Crippen LogP contribution in [0.1, 0.15) is 33.9 Å². The van der Waals surface area contributed by atoms with Crippen molar-refractivity contribution in [1.29, 1.82) is 0 Å². The number of carbonyl (C=O) groups is 3. The fraction of sp³-hybridized carbons (Fsp3) is 0.125. The quantitative estimate of drug-likeness (QED) is 0.379. The standard InChI is InChI=1S/C24H23ClN4O4/c25-19-10-12-20(13-11-19)33-15-16-6-8-18(9-7-16)23(31)29-28-22(30)14-21(27-24(26)32)17-4-2-1-3-5-17/h1-13,21H,14-15H2,(H,28,30)(H,29,31)(H3,26,27,32). The van der Waals surface area contributed by atoms with E-state index < -0.39 is 23.9 Å². The van der Waals surface area contributed by atoms with Crippen LogP contribution < -0.4 is 26.6 Å². The van der Waals surface area contributed by atoms with Crippen LogP contribution >= 0.6 is 11.6 Å². The molecule has 0 aromatic heterocycles. The first kappa shape index (κ1) is 23.6. The Balaban J connectivity index is 1.49. The van der Waals surface area contributed by atoms with Crippen LogP contribution in [-0.4, -0.2) is 17.8 Å². The molecule has 1 atom stereocenters. The number of nitrogens with two attached hydrogens (primary N) is 1. The number of amides is 4. The summed E-state index contributed by atoms with van der Waals surface area (Å²) in [7, 11) is 0. The van der Waals surface area contributed by atoms with Gasteiger partial charge in [0.25, 0.3) is 5.91 Å². The Morgan fingerprint density at radius 2 is 1.55 bits per heavy atom. The third kappa shape index (κ3) is 7.55. The minimum atomic E-state index is -0.749. The number of ether oxygens (including phenoxy) is 1. The average molecular weight is 467 g/mol. The molecule has 0 aliphatic heterocycles. The molecular formula is C24H23ClN4O4. The monoisotopic (exact) mass is 466 g/mol. The Labute approximate surface area is 196 Å². The number of urea groups is 1. The summed E-state index contributed by atoms with van der Waals surface area (Å²) in [6.07, 6.45) is -0.103. The number of carbonyl (C=O) groups excluding carboxylic acids is 3. The highest BCUT2D eigenvalue weighted by Gasteiger charge is 2.18. The summed E-state index contributed by atoms with van der Waals surface area (Å²) in [4.78, 5) is 35.9. The van der Waals surface area contributed by atoms with Crippen molar-refractivity contribution in [2.45, 2.75) is 19.1 Å². The maximum Gasteiger partial charge on any atom is 0.312 e. The molecule has 3 aromatic carbocycles. The normalized spacial score (nSPS) is 11.2. The summed E-state index contributed by atoms with van der Waals surface area (Å²) < 4.78 is 5.67. The predicted octanol–water partition coefficient (Wildman–Crippen LogP) is 3.48. The van der Waals surface area contributed by atoms with Crippen LogP contribution in [0.5, 0.6) is 5.75 Å². The molecule has 0 radical (unpaired) electrons. The zero-order chi connectivity index (χ0) is 23.6. The summed E-state index contributed by atoms with van der Waals surface area (Å²) in [5.74, 6) is -0.282. The molecule has 0 aliphatic rings. The molecule has 3 rings (SSSR count). The zero-order valence-electron chi connectivity index (χ0n) is 17.6. The first-order valence-electron chi connectivity index (χ1n) is 10.1. The van der Waals surface area contributed by atoms with Gasteiger partial charge >= 0.3 is 6.03 Å². The summed E-state index contributed by atoms with van der Waals surface area (Å²) >= 11 is 5.85. The van der Waals surface area contributed by atoms with Crippen molar-refractivity contribution in [3.8, 4) is 5.75 Å². The molecule has 3 aromatic rings. The van der Waals surface area contributed by atoms with Gasteiger partial charge in [0.1, 0.15) is 12.4 Å². The van der Waals surface area contributed by atoms with Crippen LogP contribution in [0, 0.1) is 0 Å². The van der Waals surface area contributed by atoms with Gasteiger partial charge in [-0.05, 0) is 47.5 Å². The minimum Gasteiger partial charge on any atom is -0.489 e. The topological polar surface area (TPSA) is 123 Å². The molecule has 0 fully saturated rings. The Bertz CT molecular complexity index is 1090. The van der Waals surface area contributed by atoms with Crippen LogP contribution in [-0.2, 0) is 11.4 Å². The second-order valence-electron chi connectivity index (χ2n) is 7.12. The van der Waals surface area contributed by atoms with Gasteiger partial charge in [0, 0.05) is 10.6 Å². The first-order chi connectivity index (χ1) is 15.9. The van der Waals surface area contributed by atoms with Gasteiger partial charge in [-0.1, -0.05) is 54.1 Å². The number of rotatable bonds is 8. The maximum absolute atomic E-state index is 12.3. The molecule has 9 heteroatoms. The summed E-state index contributed by atoms with van der Waals surface area (Å²) in [5, 5.41) is 3.16. The number of nitrogens with one attached hydrogen (secondary N) is 3. The van der Waals surface area contributed by atoms with Crippen molar-refractivity contribution in [2.24, 2.45) is 5.73 Å². The Kier molecular flexibility index (Phi) is 8.26. The van der Waals surface area contributed by atoms with E-state index >= 15 is 0 Å². The van der Waals surface area contributed by atoms with Gasteiger partial charge in [0.2, 0.25) is 5.91 Å². The van der Waals surface area contributed by atoms with Crippen molar-refractivity contribution < 1.29 is 19.1 Å². The number of halogens is 1. The van der Waals surface area contributed by atoms with E-state index in [1.165, 1.54) is 0 Å². The van der Waals surface area contributed by atoms with Gasteiger partial charge in [-0.15, -0.1) is 0 Å². The van der Waals surface area contributed by atoms with Gasteiger partial charge < -0.3 is 15.8 Å². The fourth-order valence-electron chi connectivity index (χ4n) is 2.99. The van der Waals surface area contributed by atoms with Crippen LogP contribution in [0.4, 0.5) is 4.79 Å². The first-order valence-corrected chi connectivity index (χ1v) is 10.5. The lowest BCUT2D eigenvalue weighted by atomic mass is 10.0. The van der Waals surface area contributed by atoms with E-state index in [4.69, 9.17) is 22.1 Å². The largest absolute Gasteiger partial charge is 0.489 e. The van der Waals surface area contributed by atoms with E-state index in [1.54, 1.807) is 72.8 Å². The fourth-order valence-corrected chi connectivity index (χ4v) is 3.12. The lowest BCUT2D eigenvalue weighted by molar-refractivity contribution is -0.122. The third-order valence-electron chi connectivity index (χ3n) is 4.66. The van der Waals surface area contributed by atoms with Gasteiger partial charge in [-0.3, -0.25) is 20.4 Å². The molecule has 1 unspecified atom stereocenters. The SMILES string of the molecule is NC(=O)NC(CC(=O)NNC(=O)c1ccc(COc2ccc(Cl)cc2)cc1)c1ccccc1. The number of hydrogen-bond acceptors (Lipinski definition) is 4. The molecule has 170 valence electrons. The summed E-state index contributed by atoms with van der Waals surface area (Å²) in [6, 6.07) is 21.4. The van der Waals surface area contributed by atoms with Crippen LogP contribution in [0.3, 0.4) is 0 Å². The zero-order valence-corrected chi connectivity index (χ0v) is 18.3. The van der Waals surface area contributed by atoms with Crippen molar-refractivity contribution >= 4 is 29.4 Å². The van der Waals surface area contributed by atoms with Crippen molar-refractivity contribution in [3.05, 3.63) is 101 Å². The second-order valence-corrected chi connectivity index (χ2v) is 7.55. The predicted molar refractivity (Wildman–Crippen MR) is 124 cm³/mol. The van der Waals surface area contributed by atoms with E-state index in [2.05, 4.69) is 16.2 Å². The van der Waals surface area contributed by atoms with E-state index in [1.807, 2.05) is 6.07 Å². The molecule has 4 amide bonds. The molecule has 0 heterocycles. The molecule has 5 N–H and O–H groups in total. The number of hydrogen-bond donors (Lipinski definition) is 4. The smallest absolute Gasteiger partial charge is 0.312 e. The van der Waals surface area contributed by atoms with Crippen molar-refractivity contribution in [2.75, 3.05) is 0 Å². The number of primary amides is 1. The Morgan fingerprint density at radius 3 is 2.18 bits per heavy atom. The van der Waals surface area contributed by atoms with Gasteiger partial charge in [-0.2, -0.15) is 0 Å². The second kappa shape index (κ2) is 11.5. The van der Waals surface area contributed by atoms with E-state index in [9.17, 15) is 14.4 Å². The van der Waals surface area contributed by atoms with Crippen molar-refractivity contribution in [3.63, 3.8) is 0 Å². The van der Waals surface area contributed by atoms with Gasteiger partial charge in [0.05, 0.1) is 12.5 Å². The molecule has 0 aliphatic carbocycles. The highest BCUT2D eigenvalue weighted by molar-refractivity contribution is 6.30. The van der Waals surface area contributed by atoms with E-state index in [0.29, 0.717) is 28.5 Å². The van der Waals surface area contributed by atoms with E-state index in [-0.39, 0.29) is 6.42 Å². The molecule has 33 heavy (non-hydrogen) atoms. The lowest BCUT2D eigenvalue weighted by Crippen LogP contribution is -2.44. The highest BCUT2D eigenvalue weighted by atomic mass is 35.5. The van der Waals surface area contributed by atoms with Gasteiger partial charge in [-0.25, -0.2) is 4.79 Å². The Morgan fingerprint density at radius 1 is 0.879 bits per heavy atom. The summed E-state index contributed by atoms with van der Waals surface area (Å²) in [5.41, 5.74) is 11.9. The number of benzene rings is 3. The van der Waals surface area contributed by atoms with Crippen LogP contribution in [0.25, 0.3) is 0 Å². The Hall–Kier alpha value is -4.04. The molecule has 0 spiro atoms. The van der Waals surface area contributed by atoms with Gasteiger partial charge in [0.15, 0.2) is 0 Å². The van der Waals surface area contributed by atoms with Crippen LogP contribution in [0.2, 0.25) is 5.02 Å². The third-order valence-corrected chi connectivity index (χ3v) is 4.91. The molecule has 8 nitrogen and oxygen atoms in total. The lowest BCUT2D eigenvalue weighted by Gasteiger charge is -2.18. The molecule has 0 saturated carbocycles. The highest BCUT2D eigenvalue weighted by Crippen LogP contribution is 2.18. The summed E-state index contributed by atoms with van der Waals surface area (Å²) in [6.45, 7) is 0.327. The van der Waals surface area contributed by atoms with E-state index in [0.717, 1.165) is 5.56 Å². The molecule has 0 saturated heterocycles. The molecular weight excluding hydrogens is 444 g/mol. The maximum atomic E-state index is 12.3. The molecule has 0 bridgehead atoms. The van der Waals surface area contributed by atoms with Crippen molar-refractivity contribution in [1.82, 2.24) is 16.2 Å². The number of hydrazine groups is 1. The minimum absolute atomic E-state index is 0.103. The average Bonchev–Trinajstić information content (AvgIpc) is 2.82. The van der Waals surface area contributed by atoms with Crippen LogP contribution in [0.15, 0.2) is 78.9 Å².